The molecule has 0 aromatic rings. The molecule has 15 heavy (non-hydrogen) atoms. The maximum Gasteiger partial charge on any atom is 0.0142 e. The molecule has 0 heterocycles. The van der Waals surface area contributed by atoms with E-state index in [4.69, 9.17) is 0 Å². The van der Waals surface area contributed by atoms with E-state index in [0.29, 0.717) is 0 Å². The molecule has 0 N–H and O–H groups in total. The third kappa shape index (κ3) is 3.39. The molecule has 0 atom stereocenters. The van der Waals surface area contributed by atoms with E-state index in [1.807, 2.05) is 25.2 Å². The molecule has 0 amide bonds. The molecule has 0 aliphatic rings. The van der Waals surface area contributed by atoms with Gasteiger partial charge in [0.2, 0.25) is 0 Å². The molecule has 0 saturated carbocycles. The van der Waals surface area contributed by atoms with E-state index in [1.54, 1.807) is 0 Å². The third-order valence-corrected chi connectivity index (χ3v) is 2.62. The van der Waals surface area contributed by atoms with Crippen LogP contribution in [0.1, 0.15) is 27.7 Å². The second-order valence-corrected chi connectivity index (χ2v) is 3.93. The Labute approximate surface area is 94.4 Å². The average Bonchev–Trinajstić information content (AvgIpc) is 2.21. The Morgan fingerprint density at radius 1 is 1.07 bits per heavy atom. The van der Waals surface area contributed by atoms with Crippen LogP contribution in [0.15, 0.2) is 60.8 Å². The zero-order valence-electron chi connectivity index (χ0n) is 10.4. The largest absolute Gasteiger partial charge is 0.0991 e. The van der Waals surface area contributed by atoms with Gasteiger partial charge >= 0.3 is 0 Å². The van der Waals surface area contributed by atoms with Gasteiger partial charge in [0.25, 0.3) is 0 Å². The van der Waals surface area contributed by atoms with E-state index < -0.39 is 0 Å². The van der Waals surface area contributed by atoms with Crippen molar-refractivity contribution in [3.63, 3.8) is 0 Å². The molecule has 0 nitrogen and oxygen atoms in total. The minimum Gasteiger partial charge on any atom is -0.0991 e. The van der Waals surface area contributed by atoms with Crippen molar-refractivity contribution in [1.29, 1.82) is 0 Å². The fourth-order valence-corrected chi connectivity index (χ4v) is 1.67. The summed E-state index contributed by atoms with van der Waals surface area (Å²) < 4.78 is 0. The highest BCUT2D eigenvalue weighted by molar-refractivity contribution is 5.40. The van der Waals surface area contributed by atoms with Crippen LogP contribution < -0.4 is 0 Å². The van der Waals surface area contributed by atoms with E-state index in [0.717, 1.165) is 0 Å². The summed E-state index contributed by atoms with van der Waals surface area (Å²) in [6, 6.07) is 0. The molecule has 0 aromatic heterocycles. The minimum atomic E-state index is -0.0167. The zero-order chi connectivity index (χ0) is 11.9. The predicted octanol–water partition coefficient (Wildman–Crippen LogP) is 4.83. The van der Waals surface area contributed by atoms with Gasteiger partial charge in [0.05, 0.1) is 0 Å². The summed E-state index contributed by atoms with van der Waals surface area (Å²) in [5, 5.41) is 0. The molecule has 0 heteroatoms. The van der Waals surface area contributed by atoms with E-state index in [1.165, 1.54) is 11.1 Å². The minimum absolute atomic E-state index is 0.0167. The molecule has 0 rings (SSSR count). The van der Waals surface area contributed by atoms with Crippen molar-refractivity contribution in [3.05, 3.63) is 60.8 Å². The Morgan fingerprint density at radius 3 is 2.00 bits per heavy atom. The number of hydrogen-bond donors (Lipinski definition) is 0. The van der Waals surface area contributed by atoms with Crippen LogP contribution in [0.2, 0.25) is 0 Å². The molecule has 0 saturated heterocycles. The molecular formula is C15H22. The summed E-state index contributed by atoms with van der Waals surface area (Å²) in [7, 11) is 0. The van der Waals surface area contributed by atoms with Crippen LogP contribution in [0, 0.1) is 5.41 Å². The van der Waals surface area contributed by atoms with Gasteiger partial charge in [-0.3, -0.25) is 0 Å². The van der Waals surface area contributed by atoms with E-state index in [2.05, 4.69) is 52.2 Å². The van der Waals surface area contributed by atoms with Gasteiger partial charge in [-0.25, -0.2) is 0 Å². The summed E-state index contributed by atoms with van der Waals surface area (Å²) in [4.78, 5) is 0. The van der Waals surface area contributed by atoms with Crippen LogP contribution in [0.3, 0.4) is 0 Å². The molecule has 82 valence electrons. The van der Waals surface area contributed by atoms with Crippen molar-refractivity contribution >= 4 is 0 Å². The first-order valence-corrected chi connectivity index (χ1v) is 5.29. The van der Waals surface area contributed by atoms with Crippen LogP contribution >= 0.6 is 0 Å². The smallest absolute Gasteiger partial charge is 0.0142 e. The second-order valence-electron chi connectivity index (χ2n) is 3.93. The molecule has 0 aromatic carbocycles. The first kappa shape index (κ1) is 13.7. The monoisotopic (exact) mass is 202 g/mol. The van der Waals surface area contributed by atoms with Gasteiger partial charge in [-0.05, 0) is 25.0 Å². The maximum absolute atomic E-state index is 3.86. The standard InChI is InChI=1S/C15H22/c1-7-11-13(9-3)15(5,6)14(10-4)12-8-2/h7-12H,1,3H2,2,4-6H3/b12-8-,13-11+,14-10+. The fraction of sp³-hybridized carbons (Fsp3) is 0.333. The molecule has 0 aliphatic heterocycles. The highest BCUT2D eigenvalue weighted by Crippen LogP contribution is 2.36. The highest BCUT2D eigenvalue weighted by Gasteiger charge is 2.23. The molecule has 0 unspecified atom stereocenters. The van der Waals surface area contributed by atoms with Crippen LogP contribution in [0.25, 0.3) is 0 Å². The lowest BCUT2D eigenvalue weighted by molar-refractivity contribution is 0.565. The van der Waals surface area contributed by atoms with Crippen LogP contribution in [-0.4, -0.2) is 0 Å². The Balaban J connectivity index is 5.34. The van der Waals surface area contributed by atoms with Gasteiger partial charge in [-0.2, -0.15) is 0 Å². The fourth-order valence-electron chi connectivity index (χ4n) is 1.67. The van der Waals surface area contributed by atoms with Gasteiger partial charge in [0, 0.05) is 5.41 Å². The lowest BCUT2D eigenvalue weighted by Crippen LogP contribution is -2.15. The number of hydrogen-bond acceptors (Lipinski definition) is 0. The Kier molecular flexibility index (Phi) is 5.69. The topological polar surface area (TPSA) is 0 Å². The van der Waals surface area contributed by atoms with Crippen LogP contribution in [0.4, 0.5) is 0 Å². The zero-order valence-corrected chi connectivity index (χ0v) is 10.4. The Bertz CT molecular complexity index is 309. The van der Waals surface area contributed by atoms with Crippen molar-refractivity contribution in [2.45, 2.75) is 27.7 Å². The quantitative estimate of drug-likeness (QED) is 0.560. The van der Waals surface area contributed by atoms with Gasteiger partial charge in [0.15, 0.2) is 0 Å². The second kappa shape index (κ2) is 6.23. The summed E-state index contributed by atoms with van der Waals surface area (Å²) in [5.74, 6) is 0. The molecule has 0 bridgehead atoms. The molecule has 0 fully saturated rings. The van der Waals surface area contributed by atoms with Crippen molar-refractivity contribution in [1.82, 2.24) is 0 Å². The van der Waals surface area contributed by atoms with Crippen molar-refractivity contribution in [2.75, 3.05) is 0 Å². The van der Waals surface area contributed by atoms with Gasteiger partial charge < -0.3 is 0 Å². The number of allylic oxidation sites excluding steroid dienone is 8. The lowest BCUT2D eigenvalue weighted by atomic mass is 9.76. The van der Waals surface area contributed by atoms with Gasteiger partial charge in [-0.1, -0.05) is 63.5 Å². The summed E-state index contributed by atoms with van der Waals surface area (Å²) in [6.07, 6.45) is 12.1. The summed E-state index contributed by atoms with van der Waals surface area (Å²) in [5.41, 5.74) is 2.46. The third-order valence-electron chi connectivity index (χ3n) is 2.62. The van der Waals surface area contributed by atoms with Crippen LogP contribution in [-0.2, 0) is 0 Å². The van der Waals surface area contributed by atoms with Crippen molar-refractivity contribution < 1.29 is 0 Å². The van der Waals surface area contributed by atoms with Gasteiger partial charge in [0.1, 0.15) is 0 Å². The lowest BCUT2D eigenvalue weighted by Gasteiger charge is -2.28. The molecule has 0 aliphatic carbocycles. The Hall–Kier alpha value is -1.30. The predicted molar refractivity (Wildman–Crippen MR) is 70.8 cm³/mol. The first-order chi connectivity index (χ1) is 7.04. The SMILES string of the molecule is C=C/C=C(\C=C)C(C)(C)C(/C=C\C)=C/C. The molecule has 0 radical (unpaired) electrons. The van der Waals surface area contributed by atoms with E-state index in [9.17, 15) is 0 Å². The normalized spacial score (nSPS) is 14.4. The summed E-state index contributed by atoms with van der Waals surface area (Å²) >= 11 is 0. The maximum atomic E-state index is 3.86. The van der Waals surface area contributed by atoms with Crippen molar-refractivity contribution in [2.24, 2.45) is 5.41 Å². The first-order valence-electron chi connectivity index (χ1n) is 5.29. The average molecular weight is 202 g/mol. The van der Waals surface area contributed by atoms with Crippen molar-refractivity contribution in [3.8, 4) is 0 Å². The highest BCUT2D eigenvalue weighted by atomic mass is 14.3. The van der Waals surface area contributed by atoms with E-state index in [-0.39, 0.29) is 5.41 Å². The van der Waals surface area contributed by atoms with Gasteiger partial charge in [-0.15, -0.1) is 0 Å². The van der Waals surface area contributed by atoms with Crippen LogP contribution in [0.5, 0.6) is 0 Å². The number of rotatable bonds is 5. The van der Waals surface area contributed by atoms with E-state index >= 15 is 0 Å². The molecular weight excluding hydrogens is 180 g/mol. The Morgan fingerprint density at radius 2 is 1.67 bits per heavy atom. The molecule has 0 spiro atoms. The summed E-state index contributed by atoms with van der Waals surface area (Å²) in [6.45, 7) is 16.1.